The topological polar surface area (TPSA) is 211 Å². The number of primary amides is 1. The van der Waals surface area contributed by atoms with Crippen LogP contribution in [0.25, 0.3) is 0 Å². The van der Waals surface area contributed by atoms with E-state index in [4.69, 9.17) is 17.2 Å². The van der Waals surface area contributed by atoms with Gasteiger partial charge in [-0.05, 0) is 52.0 Å². The van der Waals surface area contributed by atoms with Crippen LogP contribution in [-0.4, -0.2) is 76.9 Å². The number of nitrogens with one attached hydrogen (secondary N) is 2. The zero-order valence-electron chi connectivity index (χ0n) is 17.8. The standard InChI is InChI=1S/C19H34N6O6/c1-11(21)18(29)25-10-4-6-14(25)17(28)23-12(5-2-3-9-20)16(27)24-13(19(30)31)7-8-15(22)26/h11-14H,2-10,20-21H2,1H3,(H2,22,26)(H,23,28)(H,24,27)(H,30,31). The van der Waals surface area contributed by atoms with Gasteiger partial charge in [-0.15, -0.1) is 0 Å². The number of aliphatic carboxylic acids is 1. The SMILES string of the molecule is CC(N)C(=O)N1CCCC1C(=O)NC(CCCCN)C(=O)NC(CCC(N)=O)C(=O)O. The highest BCUT2D eigenvalue weighted by molar-refractivity contribution is 5.94. The van der Waals surface area contributed by atoms with E-state index in [1.54, 1.807) is 0 Å². The summed E-state index contributed by atoms with van der Waals surface area (Å²) in [4.78, 5) is 61.6. The molecule has 1 heterocycles. The van der Waals surface area contributed by atoms with Crippen molar-refractivity contribution in [3.63, 3.8) is 0 Å². The molecule has 0 saturated carbocycles. The summed E-state index contributed by atoms with van der Waals surface area (Å²) in [5.41, 5.74) is 16.2. The molecule has 0 aliphatic carbocycles. The van der Waals surface area contributed by atoms with Crippen LogP contribution in [0.4, 0.5) is 0 Å². The quantitative estimate of drug-likeness (QED) is 0.171. The molecule has 0 bridgehead atoms. The Hall–Kier alpha value is -2.73. The van der Waals surface area contributed by atoms with Crippen LogP contribution in [0, 0.1) is 0 Å². The largest absolute Gasteiger partial charge is 0.480 e. The van der Waals surface area contributed by atoms with Crippen LogP contribution in [0.2, 0.25) is 0 Å². The molecule has 0 spiro atoms. The van der Waals surface area contributed by atoms with E-state index >= 15 is 0 Å². The van der Waals surface area contributed by atoms with Gasteiger partial charge < -0.3 is 37.8 Å². The lowest BCUT2D eigenvalue weighted by atomic mass is 10.1. The average Bonchev–Trinajstić information content (AvgIpc) is 3.18. The van der Waals surface area contributed by atoms with E-state index < -0.39 is 47.9 Å². The first-order valence-corrected chi connectivity index (χ1v) is 10.5. The highest BCUT2D eigenvalue weighted by Crippen LogP contribution is 2.19. The summed E-state index contributed by atoms with van der Waals surface area (Å²) < 4.78 is 0. The van der Waals surface area contributed by atoms with Crippen molar-refractivity contribution in [2.45, 2.75) is 76.0 Å². The number of nitrogens with two attached hydrogens (primary N) is 3. The number of amides is 4. The molecule has 31 heavy (non-hydrogen) atoms. The number of hydrogen-bond donors (Lipinski definition) is 6. The van der Waals surface area contributed by atoms with Gasteiger partial charge in [-0.3, -0.25) is 19.2 Å². The number of carboxylic acid groups (broad SMARTS) is 1. The van der Waals surface area contributed by atoms with Gasteiger partial charge in [0.2, 0.25) is 23.6 Å². The van der Waals surface area contributed by atoms with E-state index in [-0.39, 0.29) is 25.2 Å². The molecule has 1 fully saturated rings. The van der Waals surface area contributed by atoms with Crippen LogP contribution in [-0.2, 0) is 24.0 Å². The molecule has 1 aliphatic heterocycles. The molecule has 0 radical (unpaired) electrons. The maximum atomic E-state index is 12.8. The number of rotatable bonds is 13. The zero-order valence-corrected chi connectivity index (χ0v) is 17.8. The second-order valence-electron chi connectivity index (χ2n) is 7.73. The number of likely N-dealkylation sites (tertiary alicyclic amines) is 1. The number of unbranched alkanes of at least 4 members (excludes halogenated alkanes) is 1. The van der Waals surface area contributed by atoms with Gasteiger partial charge >= 0.3 is 5.97 Å². The lowest BCUT2D eigenvalue weighted by Crippen LogP contribution is -2.56. The summed E-state index contributed by atoms with van der Waals surface area (Å²) in [6, 6.07) is -3.83. The molecular formula is C19H34N6O6. The molecule has 0 aromatic heterocycles. The van der Waals surface area contributed by atoms with Gasteiger partial charge in [-0.1, -0.05) is 0 Å². The molecule has 176 valence electrons. The van der Waals surface area contributed by atoms with Crippen LogP contribution in [0.5, 0.6) is 0 Å². The van der Waals surface area contributed by atoms with E-state index in [0.717, 1.165) is 0 Å². The maximum Gasteiger partial charge on any atom is 0.326 e. The number of carboxylic acids is 1. The fourth-order valence-electron chi connectivity index (χ4n) is 3.41. The summed E-state index contributed by atoms with van der Waals surface area (Å²) in [5.74, 6) is -3.53. The number of hydrogen-bond acceptors (Lipinski definition) is 7. The third kappa shape index (κ3) is 8.50. The minimum atomic E-state index is -1.32. The molecule has 4 amide bonds. The molecule has 9 N–H and O–H groups in total. The molecule has 0 aromatic rings. The summed E-state index contributed by atoms with van der Waals surface area (Å²) in [5, 5.41) is 14.3. The fraction of sp³-hybridized carbons (Fsp3) is 0.737. The second-order valence-corrected chi connectivity index (χ2v) is 7.73. The van der Waals surface area contributed by atoms with Crippen molar-refractivity contribution in [2.75, 3.05) is 13.1 Å². The molecule has 12 nitrogen and oxygen atoms in total. The zero-order chi connectivity index (χ0) is 23.6. The maximum absolute atomic E-state index is 12.8. The molecule has 4 atom stereocenters. The highest BCUT2D eigenvalue weighted by Gasteiger charge is 2.37. The van der Waals surface area contributed by atoms with Gasteiger partial charge in [0, 0.05) is 13.0 Å². The first-order valence-electron chi connectivity index (χ1n) is 10.5. The van der Waals surface area contributed by atoms with Crippen molar-refractivity contribution in [3.8, 4) is 0 Å². The highest BCUT2D eigenvalue weighted by atomic mass is 16.4. The third-order valence-electron chi connectivity index (χ3n) is 5.10. The van der Waals surface area contributed by atoms with Crippen molar-refractivity contribution in [1.82, 2.24) is 15.5 Å². The first-order chi connectivity index (χ1) is 14.6. The van der Waals surface area contributed by atoms with E-state index in [9.17, 15) is 29.1 Å². The average molecular weight is 443 g/mol. The fourth-order valence-corrected chi connectivity index (χ4v) is 3.41. The Bertz CT molecular complexity index is 670. The van der Waals surface area contributed by atoms with Gasteiger partial charge in [0.25, 0.3) is 0 Å². The number of carbonyl (C=O) groups excluding carboxylic acids is 4. The molecule has 1 aliphatic rings. The number of carbonyl (C=O) groups is 5. The van der Waals surface area contributed by atoms with Gasteiger partial charge in [-0.2, -0.15) is 0 Å². The smallest absolute Gasteiger partial charge is 0.326 e. The summed E-state index contributed by atoms with van der Waals surface area (Å²) in [6.45, 7) is 2.34. The minimum absolute atomic E-state index is 0.167. The lowest BCUT2D eigenvalue weighted by molar-refractivity contribution is -0.143. The molecular weight excluding hydrogens is 408 g/mol. The van der Waals surface area contributed by atoms with E-state index in [2.05, 4.69) is 10.6 Å². The first kappa shape index (κ1) is 26.3. The van der Waals surface area contributed by atoms with E-state index in [0.29, 0.717) is 38.8 Å². The Labute approximate surface area is 181 Å². The van der Waals surface area contributed by atoms with Crippen molar-refractivity contribution in [2.24, 2.45) is 17.2 Å². The second kappa shape index (κ2) is 12.8. The minimum Gasteiger partial charge on any atom is -0.480 e. The normalized spacial score (nSPS) is 18.7. The third-order valence-corrected chi connectivity index (χ3v) is 5.10. The van der Waals surface area contributed by atoms with Crippen LogP contribution in [0.3, 0.4) is 0 Å². The van der Waals surface area contributed by atoms with Gasteiger partial charge in [0.15, 0.2) is 0 Å². The van der Waals surface area contributed by atoms with Crippen LogP contribution >= 0.6 is 0 Å². The monoisotopic (exact) mass is 442 g/mol. The summed E-state index contributed by atoms with van der Waals surface area (Å²) in [6.07, 6.45) is 2.08. The Kier molecular flexibility index (Phi) is 10.9. The van der Waals surface area contributed by atoms with Gasteiger partial charge in [0.1, 0.15) is 18.1 Å². The summed E-state index contributed by atoms with van der Waals surface area (Å²) in [7, 11) is 0. The van der Waals surface area contributed by atoms with E-state index in [1.165, 1.54) is 11.8 Å². The molecule has 0 aromatic carbocycles. The molecule has 1 saturated heterocycles. The predicted molar refractivity (Wildman–Crippen MR) is 111 cm³/mol. The predicted octanol–water partition coefficient (Wildman–Crippen LogP) is -2.23. The van der Waals surface area contributed by atoms with Crippen LogP contribution < -0.4 is 27.8 Å². The Balaban J connectivity index is 2.87. The molecule has 12 heteroatoms. The van der Waals surface area contributed by atoms with Crippen LogP contribution in [0.15, 0.2) is 0 Å². The van der Waals surface area contributed by atoms with Crippen molar-refractivity contribution >= 4 is 29.6 Å². The van der Waals surface area contributed by atoms with Gasteiger partial charge in [-0.25, -0.2) is 4.79 Å². The Morgan fingerprint density at radius 1 is 1.10 bits per heavy atom. The van der Waals surface area contributed by atoms with Crippen LogP contribution in [0.1, 0.15) is 51.9 Å². The van der Waals surface area contributed by atoms with Crippen molar-refractivity contribution in [1.29, 1.82) is 0 Å². The van der Waals surface area contributed by atoms with Crippen molar-refractivity contribution < 1.29 is 29.1 Å². The summed E-state index contributed by atoms with van der Waals surface area (Å²) >= 11 is 0. The molecule has 1 rings (SSSR count). The Morgan fingerprint density at radius 2 is 1.77 bits per heavy atom. The van der Waals surface area contributed by atoms with E-state index in [1.807, 2.05) is 0 Å². The molecule has 4 unspecified atom stereocenters. The lowest BCUT2D eigenvalue weighted by Gasteiger charge is -2.28. The number of nitrogens with zero attached hydrogens (tertiary/aromatic N) is 1. The van der Waals surface area contributed by atoms with Crippen molar-refractivity contribution in [3.05, 3.63) is 0 Å². The van der Waals surface area contributed by atoms with Gasteiger partial charge in [0.05, 0.1) is 6.04 Å². The Morgan fingerprint density at radius 3 is 2.32 bits per heavy atom.